The second-order valence-corrected chi connectivity index (χ2v) is 6.61. The number of fused-ring (bicyclic) bond motifs is 1. The van der Waals surface area contributed by atoms with Gasteiger partial charge in [-0.3, -0.25) is 4.79 Å². The van der Waals surface area contributed by atoms with Gasteiger partial charge in [0.25, 0.3) is 0 Å². The minimum Gasteiger partial charge on any atom is -0.315 e. The highest BCUT2D eigenvalue weighted by Crippen LogP contribution is 2.35. The number of alkyl halides is 1. The van der Waals surface area contributed by atoms with Gasteiger partial charge >= 0.3 is 0 Å². The molecule has 108 valence electrons. The summed E-state index contributed by atoms with van der Waals surface area (Å²) in [5, 5.41) is -0.185. The van der Waals surface area contributed by atoms with Crippen LogP contribution in [0.4, 0.5) is 5.69 Å². The van der Waals surface area contributed by atoms with Crippen LogP contribution in [0.15, 0.2) is 46.9 Å². The molecule has 2 aromatic carbocycles. The standard InChI is InChI=1S/C17H15BrClNO/c1-20-15-7-5-13(9-11(15)6-8-16(20)21)17(19)12-3-2-4-14(18)10-12/h2-5,7,9-10,17H,6,8H2,1H3. The zero-order valence-electron chi connectivity index (χ0n) is 11.6. The molecule has 4 heteroatoms. The summed E-state index contributed by atoms with van der Waals surface area (Å²) in [6.07, 6.45) is 1.35. The lowest BCUT2D eigenvalue weighted by Gasteiger charge is -2.26. The quantitative estimate of drug-likeness (QED) is 0.708. The summed E-state index contributed by atoms with van der Waals surface area (Å²) in [7, 11) is 1.83. The summed E-state index contributed by atoms with van der Waals surface area (Å²) in [6, 6.07) is 14.2. The number of hydrogen-bond acceptors (Lipinski definition) is 1. The summed E-state index contributed by atoms with van der Waals surface area (Å²) in [4.78, 5) is 13.5. The third-order valence-electron chi connectivity index (χ3n) is 3.88. The van der Waals surface area contributed by atoms with Crippen molar-refractivity contribution in [2.45, 2.75) is 18.2 Å². The maximum absolute atomic E-state index is 11.7. The Morgan fingerprint density at radius 2 is 1.90 bits per heavy atom. The van der Waals surface area contributed by atoms with Gasteiger partial charge in [0.05, 0.1) is 5.38 Å². The van der Waals surface area contributed by atoms with Crippen LogP contribution in [-0.2, 0) is 11.2 Å². The normalized spacial score (nSPS) is 15.8. The first-order valence-corrected chi connectivity index (χ1v) is 8.08. The fourth-order valence-corrected chi connectivity index (χ4v) is 3.38. The molecule has 0 aliphatic carbocycles. The lowest BCUT2D eigenvalue weighted by molar-refractivity contribution is -0.118. The maximum atomic E-state index is 11.7. The van der Waals surface area contributed by atoms with Gasteiger partial charge in [-0.05, 0) is 41.3 Å². The highest BCUT2D eigenvalue weighted by atomic mass is 79.9. The van der Waals surface area contributed by atoms with Crippen molar-refractivity contribution in [2.75, 3.05) is 11.9 Å². The molecule has 0 spiro atoms. The number of nitrogens with zero attached hydrogens (tertiary/aromatic N) is 1. The van der Waals surface area contributed by atoms with E-state index in [9.17, 15) is 4.79 Å². The number of hydrogen-bond donors (Lipinski definition) is 0. The zero-order valence-corrected chi connectivity index (χ0v) is 14.0. The number of rotatable bonds is 2. The average molecular weight is 365 g/mol. The van der Waals surface area contributed by atoms with Gasteiger partial charge in [-0.25, -0.2) is 0 Å². The third kappa shape index (κ3) is 2.85. The number of aryl methyl sites for hydroxylation is 1. The fourth-order valence-electron chi connectivity index (χ4n) is 2.69. The second kappa shape index (κ2) is 5.82. The topological polar surface area (TPSA) is 20.3 Å². The SMILES string of the molecule is CN1C(=O)CCc2cc(C(Cl)c3cccc(Br)c3)ccc21. The molecule has 3 rings (SSSR count). The van der Waals surface area contributed by atoms with Crippen LogP contribution >= 0.6 is 27.5 Å². The predicted molar refractivity (Wildman–Crippen MR) is 90.0 cm³/mol. The van der Waals surface area contributed by atoms with E-state index in [0.717, 1.165) is 27.7 Å². The van der Waals surface area contributed by atoms with Crippen LogP contribution in [0.25, 0.3) is 0 Å². The number of halogens is 2. The highest BCUT2D eigenvalue weighted by molar-refractivity contribution is 9.10. The van der Waals surface area contributed by atoms with Gasteiger partial charge in [0.1, 0.15) is 0 Å². The summed E-state index contributed by atoms with van der Waals surface area (Å²) >= 11 is 10.1. The van der Waals surface area contributed by atoms with Crippen LogP contribution in [-0.4, -0.2) is 13.0 Å². The van der Waals surface area contributed by atoms with E-state index in [1.807, 2.05) is 43.4 Å². The molecule has 0 saturated heterocycles. The fraction of sp³-hybridized carbons (Fsp3) is 0.235. The minimum absolute atomic E-state index is 0.171. The molecule has 0 N–H and O–H groups in total. The molecular weight excluding hydrogens is 350 g/mol. The van der Waals surface area contributed by atoms with Crippen molar-refractivity contribution < 1.29 is 4.79 Å². The van der Waals surface area contributed by atoms with E-state index >= 15 is 0 Å². The molecule has 1 unspecified atom stereocenters. The zero-order chi connectivity index (χ0) is 15.0. The Hall–Kier alpha value is -1.32. The van der Waals surface area contributed by atoms with Crippen molar-refractivity contribution in [3.8, 4) is 0 Å². The summed E-state index contributed by atoms with van der Waals surface area (Å²) in [6.45, 7) is 0. The van der Waals surface area contributed by atoms with Crippen LogP contribution in [0, 0.1) is 0 Å². The molecule has 1 aliphatic heterocycles. The van der Waals surface area contributed by atoms with E-state index in [0.29, 0.717) is 6.42 Å². The maximum Gasteiger partial charge on any atom is 0.227 e. The Morgan fingerprint density at radius 3 is 2.67 bits per heavy atom. The van der Waals surface area contributed by atoms with Crippen molar-refractivity contribution in [2.24, 2.45) is 0 Å². The van der Waals surface area contributed by atoms with Gasteiger partial charge in [-0.2, -0.15) is 0 Å². The number of amides is 1. The summed E-state index contributed by atoms with van der Waals surface area (Å²) in [5.74, 6) is 0.171. The van der Waals surface area contributed by atoms with E-state index in [2.05, 4.69) is 22.0 Å². The van der Waals surface area contributed by atoms with Gasteiger partial charge < -0.3 is 4.90 Å². The number of benzene rings is 2. The van der Waals surface area contributed by atoms with E-state index < -0.39 is 0 Å². The van der Waals surface area contributed by atoms with Gasteiger partial charge in [0, 0.05) is 23.6 Å². The molecule has 21 heavy (non-hydrogen) atoms. The van der Waals surface area contributed by atoms with Gasteiger partial charge in [0.15, 0.2) is 0 Å². The smallest absolute Gasteiger partial charge is 0.227 e. The minimum atomic E-state index is -0.185. The van der Waals surface area contributed by atoms with Crippen molar-refractivity contribution >= 4 is 39.1 Å². The molecule has 0 saturated carbocycles. The van der Waals surface area contributed by atoms with Crippen LogP contribution in [0.2, 0.25) is 0 Å². The van der Waals surface area contributed by atoms with Crippen molar-refractivity contribution in [1.82, 2.24) is 0 Å². The number of anilines is 1. The molecule has 2 aromatic rings. The molecule has 0 aromatic heterocycles. The Bertz CT molecular complexity index is 701. The summed E-state index contributed by atoms with van der Waals surface area (Å²) < 4.78 is 1.02. The van der Waals surface area contributed by atoms with Crippen molar-refractivity contribution in [3.63, 3.8) is 0 Å². The van der Waals surface area contributed by atoms with Gasteiger partial charge in [-0.1, -0.05) is 40.2 Å². The molecule has 1 atom stereocenters. The van der Waals surface area contributed by atoms with E-state index in [1.165, 1.54) is 5.56 Å². The van der Waals surface area contributed by atoms with Crippen LogP contribution in [0.1, 0.15) is 28.5 Å². The third-order valence-corrected chi connectivity index (χ3v) is 4.88. The lowest BCUT2D eigenvalue weighted by atomic mass is 9.96. The molecule has 0 radical (unpaired) electrons. The van der Waals surface area contributed by atoms with Crippen molar-refractivity contribution in [3.05, 3.63) is 63.6 Å². The second-order valence-electron chi connectivity index (χ2n) is 5.26. The van der Waals surface area contributed by atoms with Crippen LogP contribution in [0.3, 0.4) is 0 Å². The highest BCUT2D eigenvalue weighted by Gasteiger charge is 2.22. The summed E-state index contributed by atoms with van der Waals surface area (Å²) in [5.41, 5.74) is 4.31. The Labute approximate surface area is 137 Å². The largest absolute Gasteiger partial charge is 0.315 e. The lowest BCUT2D eigenvalue weighted by Crippen LogP contribution is -2.31. The average Bonchev–Trinajstić information content (AvgIpc) is 2.50. The van der Waals surface area contributed by atoms with E-state index in [1.54, 1.807) is 4.90 Å². The molecule has 1 aliphatic rings. The van der Waals surface area contributed by atoms with Crippen LogP contribution in [0.5, 0.6) is 0 Å². The first kappa shape index (κ1) is 14.6. The Balaban J connectivity index is 1.95. The predicted octanol–water partition coefficient (Wildman–Crippen LogP) is 4.69. The van der Waals surface area contributed by atoms with Crippen LogP contribution < -0.4 is 4.90 Å². The van der Waals surface area contributed by atoms with Gasteiger partial charge in [0.2, 0.25) is 5.91 Å². The van der Waals surface area contributed by atoms with E-state index in [-0.39, 0.29) is 11.3 Å². The molecule has 0 fully saturated rings. The molecular formula is C17H15BrClNO. The van der Waals surface area contributed by atoms with Gasteiger partial charge in [-0.15, -0.1) is 11.6 Å². The first-order chi connectivity index (χ1) is 10.1. The van der Waals surface area contributed by atoms with Crippen molar-refractivity contribution in [1.29, 1.82) is 0 Å². The monoisotopic (exact) mass is 363 g/mol. The Kier molecular flexibility index (Phi) is 4.05. The molecule has 0 bridgehead atoms. The number of carbonyl (C=O) groups is 1. The first-order valence-electron chi connectivity index (χ1n) is 6.85. The molecule has 2 nitrogen and oxygen atoms in total. The van der Waals surface area contributed by atoms with E-state index in [4.69, 9.17) is 11.6 Å². The number of carbonyl (C=O) groups excluding carboxylic acids is 1. The molecule has 1 amide bonds. The Morgan fingerprint density at radius 1 is 1.14 bits per heavy atom. The molecule has 1 heterocycles.